The van der Waals surface area contributed by atoms with Crippen LogP contribution >= 0.6 is 0 Å². The van der Waals surface area contributed by atoms with E-state index < -0.39 is 0 Å². The molecule has 0 saturated heterocycles. The van der Waals surface area contributed by atoms with Crippen LogP contribution in [-0.2, 0) is 16.1 Å². The normalized spacial score (nSPS) is 22.0. The Hall–Kier alpha value is -1.35. The van der Waals surface area contributed by atoms with Gasteiger partial charge in [-0.3, -0.25) is 4.79 Å². The number of aryl methyl sites for hydroxylation is 2. The van der Waals surface area contributed by atoms with Crippen molar-refractivity contribution >= 4 is 5.97 Å². The quantitative estimate of drug-likeness (QED) is 0.843. The van der Waals surface area contributed by atoms with E-state index in [0.717, 1.165) is 32.2 Å². The Morgan fingerprint density at radius 1 is 1.24 bits per heavy atom. The second-order valence-corrected chi connectivity index (χ2v) is 6.11. The highest BCUT2D eigenvalue weighted by molar-refractivity contribution is 5.72. The van der Waals surface area contributed by atoms with Crippen LogP contribution in [0.2, 0.25) is 0 Å². The molecule has 0 aromatic heterocycles. The number of nitrogens with one attached hydrogen (secondary N) is 1. The van der Waals surface area contributed by atoms with E-state index in [1.165, 1.54) is 16.7 Å². The molecule has 0 radical (unpaired) electrons. The van der Waals surface area contributed by atoms with Gasteiger partial charge < -0.3 is 10.1 Å². The van der Waals surface area contributed by atoms with Gasteiger partial charge in [-0.2, -0.15) is 0 Å². The molecular formula is C18H27NO2. The molecule has 0 atom stereocenters. The van der Waals surface area contributed by atoms with E-state index in [1.54, 1.807) is 0 Å². The number of rotatable bonds is 5. The van der Waals surface area contributed by atoms with Crippen molar-refractivity contribution in [3.05, 3.63) is 34.9 Å². The monoisotopic (exact) mass is 289 g/mol. The van der Waals surface area contributed by atoms with Crippen LogP contribution in [0, 0.1) is 19.8 Å². The molecule has 1 aliphatic rings. The fourth-order valence-electron chi connectivity index (χ4n) is 3.09. The maximum atomic E-state index is 11.7. The van der Waals surface area contributed by atoms with Gasteiger partial charge in [-0.25, -0.2) is 0 Å². The summed E-state index contributed by atoms with van der Waals surface area (Å²) in [5, 5.41) is 3.64. The fourth-order valence-corrected chi connectivity index (χ4v) is 3.09. The number of esters is 1. The van der Waals surface area contributed by atoms with Crippen molar-refractivity contribution < 1.29 is 9.53 Å². The predicted octanol–water partition coefficient (Wildman–Crippen LogP) is 3.51. The minimum atomic E-state index is -0.00895. The van der Waals surface area contributed by atoms with Crippen LogP contribution in [0.3, 0.4) is 0 Å². The maximum Gasteiger partial charge on any atom is 0.308 e. The SMILES string of the molecule is CCOC(=O)C1CCC(NCc2ccc(C)cc2C)CC1. The summed E-state index contributed by atoms with van der Waals surface area (Å²) in [5.74, 6) is 0.106. The zero-order chi connectivity index (χ0) is 15.2. The van der Waals surface area contributed by atoms with E-state index in [2.05, 4.69) is 37.4 Å². The molecule has 1 aromatic carbocycles. The van der Waals surface area contributed by atoms with Crippen molar-refractivity contribution in [2.45, 2.75) is 59.0 Å². The van der Waals surface area contributed by atoms with Crippen LogP contribution in [0.15, 0.2) is 18.2 Å². The fraction of sp³-hybridized carbons (Fsp3) is 0.611. The van der Waals surface area contributed by atoms with Gasteiger partial charge in [-0.05, 0) is 57.6 Å². The van der Waals surface area contributed by atoms with Crippen LogP contribution in [0.5, 0.6) is 0 Å². The number of carbonyl (C=O) groups is 1. The molecule has 0 heterocycles. The third-order valence-electron chi connectivity index (χ3n) is 4.43. The predicted molar refractivity (Wildman–Crippen MR) is 85.1 cm³/mol. The molecule has 1 aromatic rings. The first-order valence-corrected chi connectivity index (χ1v) is 8.06. The summed E-state index contributed by atoms with van der Waals surface area (Å²) < 4.78 is 5.11. The van der Waals surface area contributed by atoms with Crippen LogP contribution in [0.4, 0.5) is 0 Å². The van der Waals surface area contributed by atoms with Crippen molar-refractivity contribution in [2.24, 2.45) is 5.92 Å². The smallest absolute Gasteiger partial charge is 0.308 e. The summed E-state index contributed by atoms with van der Waals surface area (Å²) >= 11 is 0. The third kappa shape index (κ3) is 4.57. The first-order chi connectivity index (χ1) is 10.1. The number of benzene rings is 1. The molecule has 21 heavy (non-hydrogen) atoms. The molecule has 1 N–H and O–H groups in total. The molecule has 0 amide bonds. The Bertz CT molecular complexity index is 476. The van der Waals surface area contributed by atoms with Gasteiger partial charge in [-0.15, -0.1) is 0 Å². The second-order valence-electron chi connectivity index (χ2n) is 6.11. The molecule has 116 valence electrons. The molecule has 0 unspecified atom stereocenters. The Morgan fingerprint density at radius 2 is 1.95 bits per heavy atom. The summed E-state index contributed by atoms with van der Waals surface area (Å²) in [6.45, 7) is 7.57. The van der Waals surface area contributed by atoms with Crippen molar-refractivity contribution in [3.63, 3.8) is 0 Å². The highest BCUT2D eigenvalue weighted by atomic mass is 16.5. The van der Waals surface area contributed by atoms with Gasteiger partial charge in [0, 0.05) is 12.6 Å². The Morgan fingerprint density at radius 3 is 2.57 bits per heavy atom. The molecule has 1 fully saturated rings. The maximum absolute atomic E-state index is 11.7. The molecule has 1 saturated carbocycles. The van der Waals surface area contributed by atoms with Gasteiger partial charge in [0.15, 0.2) is 0 Å². The summed E-state index contributed by atoms with van der Waals surface area (Å²) in [7, 11) is 0. The van der Waals surface area contributed by atoms with Crippen LogP contribution < -0.4 is 5.32 Å². The van der Waals surface area contributed by atoms with Crippen molar-refractivity contribution in [1.82, 2.24) is 5.32 Å². The molecule has 3 heteroatoms. The lowest BCUT2D eigenvalue weighted by molar-refractivity contribution is -0.149. The highest BCUT2D eigenvalue weighted by Crippen LogP contribution is 2.25. The van der Waals surface area contributed by atoms with Gasteiger partial charge in [-0.1, -0.05) is 23.8 Å². The molecule has 0 aliphatic heterocycles. The lowest BCUT2D eigenvalue weighted by Crippen LogP contribution is -2.35. The van der Waals surface area contributed by atoms with E-state index in [4.69, 9.17) is 4.74 Å². The van der Waals surface area contributed by atoms with Gasteiger partial charge in [0.25, 0.3) is 0 Å². The van der Waals surface area contributed by atoms with Crippen molar-refractivity contribution in [3.8, 4) is 0 Å². The van der Waals surface area contributed by atoms with E-state index in [0.29, 0.717) is 12.6 Å². The van der Waals surface area contributed by atoms with Crippen molar-refractivity contribution in [2.75, 3.05) is 6.61 Å². The van der Waals surface area contributed by atoms with E-state index in [-0.39, 0.29) is 11.9 Å². The second kappa shape index (κ2) is 7.60. The van der Waals surface area contributed by atoms with Crippen LogP contribution in [0.25, 0.3) is 0 Å². The standard InChI is InChI=1S/C18H27NO2/c1-4-21-18(20)15-7-9-17(10-8-15)19-12-16-6-5-13(2)11-14(16)3/h5-6,11,15,17,19H,4,7-10,12H2,1-3H3. The molecular weight excluding hydrogens is 262 g/mol. The third-order valence-corrected chi connectivity index (χ3v) is 4.43. The van der Waals surface area contributed by atoms with Crippen LogP contribution in [0.1, 0.15) is 49.3 Å². The van der Waals surface area contributed by atoms with Gasteiger partial charge in [0.2, 0.25) is 0 Å². The summed E-state index contributed by atoms with van der Waals surface area (Å²) in [6, 6.07) is 7.13. The van der Waals surface area contributed by atoms with Crippen molar-refractivity contribution in [1.29, 1.82) is 0 Å². The highest BCUT2D eigenvalue weighted by Gasteiger charge is 2.26. The zero-order valence-electron chi connectivity index (χ0n) is 13.4. The number of ether oxygens (including phenoxy) is 1. The summed E-state index contributed by atoms with van der Waals surface area (Å²) in [5.41, 5.74) is 4.03. The summed E-state index contributed by atoms with van der Waals surface area (Å²) in [6.07, 6.45) is 4.02. The number of carbonyl (C=O) groups excluding carboxylic acids is 1. The van der Waals surface area contributed by atoms with Gasteiger partial charge >= 0.3 is 5.97 Å². The topological polar surface area (TPSA) is 38.3 Å². The van der Waals surface area contributed by atoms with E-state index in [9.17, 15) is 4.79 Å². The van der Waals surface area contributed by atoms with Gasteiger partial charge in [0.05, 0.1) is 12.5 Å². The Kier molecular flexibility index (Phi) is 5.80. The summed E-state index contributed by atoms with van der Waals surface area (Å²) in [4.78, 5) is 11.7. The minimum absolute atomic E-state index is 0.00895. The average Bonchev–Trinajstić information content (AvgIpc) is 2.47. The minimum Gasteiger partial charge on any atom is -0.466 e. The average molecular weight is 289 g/mol. The molecule has 0 spiro atoms. The number of hydrogen-bond acceptors (Lipinski definition) is 3. The first kappa shape index (κ1) is 16.0. The zero-order valence-corrected chi connectivity index (χ0v) is 13.4. The Labute approximate surface area is 128 Å². The van der Waals surface area contributed by atoms with E-state index >= 15 is 0 Å². The lowest BCUT2D eigenvalue weighted by atomic mass is 9.86. The largest absolute Gasteiger partial charge is 0.466 e. The first-order valence-electron chi connectivity index (χ1n) is 8.06. The molecule has 0 bridgehead atoms. The van der Waals surface area contributed by atoms with Crippen LogP contribution in [-0.4, -0.2) is 18.6 Å². The molecule has 3 nitrogen and oxygen atoms in total. The van der Waals surface area contributed by atoms with Gasteiger partial charge in [0.1, 0.15) is 0 Å². The number of hydrogen-bond donors (Lipinski definition) is 1. The van der Waals surface area contributed by atoms with E-state index in [1.807, 2.05) is 6.92 Å². The molecule has 2 rings (SSSR count). The molecule has 1 aliphatic carbocycles. The lowest BCUT2D eigenvalue weighted by Gasteiger charge is -2.28. The Balaban J connectivity index is 1.77.